The minimum atomic E-state index is -0.854. The molecule has 1 aliphatic carbocycles. The van der Waals surface area contributed by atoms with Crippen molar-refractivity contribution in [1.82, 2.24) is 4.98 Å². The third-order valence-electron chi connectivity index (χ3n) is 3.06. The van der Waals surface area contributed by atoms with Gasteiger partial charge < -0.3 is 9.84 Å². The maximum atomic E-state index is 11.9. The average molecular weight is 261 g/mol. The lowest BCUT2D eigenvalue weighted by molar-refractivity contribution is -0.148. The summed E-state index contributed by atoms with van der Waals surface area (Å²) in [5.41, 5.74) is 0.605. The molecule has 1 aromatic rings. The van der Waals surface area contributed by atoms with Crippen LogP contribution in [0.4, 0.5) is 0 Å². The second kappa shape index (κ2) is 5.65. The Morgan fingerprint density at radius 2 is 2.32 bits per heavy atom. The molecule has 2 rings (SSSR count). The molecule has 0 aromatic carbocycles. The van der Waals surface area contributed by atoms with Crippen LogP contribution in [0.3, 0.4) is 0 Å². The normalized spacial score (nSPS) is 22.8. The van der Waals surface area contributed by atoms with Crippen molar-refractivity contribution < 1.29 is 19.4 Å². The quantitative estimate of drug-likeness (QED) is 0.839. The third kappa shape index (κ3) is 2.81. The number of aromatic nitrogens is 1. The van der Waals surface area contributed by atoms with Gasteiger partial charge in [-0.25, -0.2) is 0 Å². The lowest BCUT2D eigenvalue weighted by Gasteiger charge is -2.27. The van der Waals surface area contributed by atoms with Gasteiger partial charge in [0.1, 0.15) is 11.7 Å². The highest BCUT2D eigenvalue weighted by molar-refractivity contribution is 5.94. The highest BCUT2D eigenvalue weighted by Gasteiger charge is 2.39. The second-order valence-electron chi connectivity index (χ2n) is 4.33. The predicted molar refractivity (Wildman–Crippen MR) is 67.4 cm³/mol. The van der Waals surface area contributed by atoms with E-state index >= 15 is 0 Å². The molecule has 5 heteroatoms. The predicted octanol–water partition coefficient (Wildman–Crippen LogP) is 1.76. The topological polar surface area (TPSA) is 76.5 Å². The van der Waals surface area contributed by atoms with Gasteiger partial charge in [0.2, 0.25) is 0 Å². The number of pyridine rings is 1. The van der Waals surface area contributed by atoms with E-state index in [1.165, 1.54) is 0 Å². The summed E-state index contributed by atoms with van der Waals surface area (Å²) in [4.78, 5) is 27.7. The fraction of sp³-hybridized carbons (Fsp3) is 0.357. The van der Waals surface area contributed by atoms with Gasteiger partial charge in [0.05, 0.1) is 6.61 Å². The summed E-state index contributed by atoms with van der Waals surface area (Å²) in [5, 5.41) is 9.88. The Bertz CT molecular complexity index is 509. The minimum absolute atomic E-state index is 0.143. The maximum absolute atomic E-state index is 11.9. The molecule has 0 bridgehead atoms. The molecule has 0 saturated heterocycles. The molecule has 5 nitrogen and oxygen atoms in total. The Morgan fingerprint density at radius 1 is 1.53 bits per heavy atom. The molecule has 1 heterocycles. The summed E-state index contributed by atoms with van der Waals surface area (Å²) in [6, 6.07) is 5.27. The molecule has 0 spiro atoms. The summed E-state index contributed by atoms with van der Waals surface area (Å²) in [6.45, 7) is 1.92. The van der Waals surface area contributed by atoms with E-state index < -0.39 is 17.8 Å². The number of aliphatic hydroxyl groups excluding tert-OH is 1. The Balaban J connectivity index is 2.36. The molecular weight excluding hydrogens is 246 g/mol. The van der Waals surface area contributed by atoms with E-state index in [9.17, 15) is 14.7 Å². The fourth-order valence-corrected chi connectivity index (χ4v) is 2.24. The van der Waals surface area contributed by atoms with E-state index in [2.05, 4.69) is 4.98 Å². The summed E-state index contributed by atoms with van der Waals surface area (Å²) >= 11 is 0. The number of nitrogens with zero attached hydrogens (tertiary/aromatic N) is 1. The van der Waals surface area contributed by atoms with Crippen molar-refractivity contribution in [3.8, 4) is 0 Å². The Labute approximate surface area is 110 Å². The molecule has 2 unspecified atom stereocenters. The highest BCUT2D eigenvalue weighted by atomic mass is 16.5. The molecule has 1 aromatic heterocycles. The lowest BCUT2D eigenvalue weighted by Crippen LogP contribution is -2.31. The third-order valence-corrected chi connectivity index (χ3v) is 3.06. The van der Waals surface area contributed by atoms with E-state index in [4.69, 9.17) is 4.74 Å². The minimum Gasteiger partial charge on any atom is -0.511 e. The SMILES string of the molecule is CCOC(=O)C1C(O)=CC(=O)CC1c1ccccn1. The van der Waals surface area contributed by atoms with Crippen molar-refractivity contribution in [2.75, 3.05) is 6.61 Å². The maximum Gasteiger partial charge on any atom is 0.317 e. The highest BCUT2D eigenvalue weighted by Crippen LogP contribution is 2.35. The summed E-state index contributed by atoms with van der Waals surface area (Å²) < 4.78 is 4.96. The summed E-state index contributed by atoms with van der Waals surface area (Å²) in [5.74, 6) is -2.32. The number of esters is 1. The second-order valence-corrected chi connectivity index (χ2v) is 4.33. The van der Waals surface area contributed by atoms with Crippen LogP contribution in [-0.2, 0) is 14.3 Å². The fourth-order valence-electron chi connectivity index (χ4n) is 2.24. The van der Waals surface area contributed by atoms with Gasteiger partial charge in [0.25, 0.3) is 0 Å². The molecule has 0 aliphatic heterocycles. The number of ketones is 1. The summed E-state index contributed by atoms with van der Waals surface area (Å²) in [6.07, 6.45) is 2.84. The van der Waals surface area contributed by atoms with E-state index in [-0.39, 0.29) is 24.6 Å². The van der Waals surface area contributed by atoms with Gasteiger partial charge in [-0.1, -0.05) is 6.07 Å². The molecule has 2 atom stereocenters. The van der Waals surface area contributed by atoms with Crippen LogP contribution < -0.4 is 0 Å². The number of carbonyl (C=O) groups is 2. The Morgan fingerprint density at radius 3 is 2.95 bits per heavy atom. The molecule has 0 radical (unpaired) electrons. The largest absolute Gasteiger partial charge is 0.511 e. The van der Waals surface area contributed by atoms with Crippen molar-refractivity contribution in [3.63, 3.8) is 0 Å². The Kier molecular flexibility index (Phi) is 3.94. The number of allylic oxidation sites excluding steroid dienone is 1. The standard InChI is InChI=1S/C14H15NO4/c1-2-19-14(18)13-10(7-9(16)8-12(13)17)11-5-3-4-6-15-11/h3-6,8,10,13,17H,2,7H2,1H3. The van der Waals surface area contributed by atoms with E-state index in [0.717, 1.165) is 6.08 Å². The van der Waals surface area contributed by atoms with Crippen LogP contribution in [0.5, 0.6) is 0 Å². The molecule has 1 aliphatic rings. The van der Waals surface area contributed by atoms with Gasteiger partial charge >= 0.3 is 5.97 Å². The van der Waals surface area contributed by atoms with E-state index in [1.54, 1.807) is 31.3 Å². The number of carbonyl (C=O) groups excluding carboxylic acids is 2. The number of hydrogen-bond acceptors (Lipinski definition) is 5. The van der Waals surface area contributed by atoms with Crippen LogP contribution in [0, 0.1) is 5.92 Å². The van der Waals surface area contributed by atoms with Crippen LogP contribution in [0.25, 0.3) is 0 Å². The zero-order chi connectivity index (χ0) is 13.8. The number of rotatable bonds is 3. The van der Waals surface area contributed by atoms with Crippen LogP contribution in [0.15, 0.2) is 36.2 Å². The van der Waals surface area contributed by atoms with Gasteiger partial charge in [-0.2, -0.15) is 0 Å². The molecule has 1 N–H and O–H groups in total. The molecule has 100 valence electrons. The Hall–Kier alpha value is -2.17. The average Bonchev–Trinajstić information content (AvgIpc) is 2.39. The van der Waals surface area contributed by atoms with Gasteiger partial charge in [0.15, 0.2) is 5.78 Å². The van der Waals surface area contributed by atoms with Gasteiger partial charge in [-0.3, -0.25) is 14.6 Å². The smallest absolute Gasteiger partial charge is 0.317 e. The van der Waals surface area contributed by atoms with Crippen LogP contribution in [0.2, 0.25) is 0 Å². The van der Waals surface area contributed by atoms with Crippen molar-refractivity contribution in [1.29, 1.82) is 0 Å². The van der Waals surface area contributed by atoms with Crippen molar-refractivity contribution in [2.24, 2.45) is 5.92 Å². The van der Waals surface area contributed by atoms with E-state index in [0.29, 0.717) is 5.69 Å². The van der Waals surface area contributed by atoms with Crippen LogP contribution in [0.1, 0.15) is 25.0 Å². The van der Waals surface area contributed by atoms with Crippen molar-refractivity contribution >= 4 is 11.8 Å². The number of ether oxygens (including phenoxy) is 1. The molecule has 19 heavy (non-hydrogen) atoms. The monoisotopic (exact) mass is 261 g/mol. The zero-order valence-electron chi connectivity index (χ0n) is 10.6. The molecular formula is C14H15NO4. The lowest BCUT2D eigenvalue weighted by atomic mass is 9.79. The van der Waals surface area contributed by atoms with Crippen molar-refractivity contribution in [2.45, 2.75) is 19.3 Å². The van der Waals surface area contributed by atoms with Crippen molar-refractivity contribution in [3.05, 3.63) is 41.9 Å². The van der Waals surface area contributed by atoms with Gasteiger partial charge in [-0.15, -0.1) is 0 Å². The van der Waals surface area contributed by atoms with Gasteiger partial charge in [0, 0.05) is 30.3 Å². The summed E-state index contributed by atoms with van der Waals surface area (Å²) in [7, 11) is 0. The number of hydrogen-bond donors (Lipinski definition) is 1. The van der Waals surface area contributed by atoms with Crippen LogP contribution >= 0.6 is 0 Å². The van der Waals surface area contributed by atoms with Crippen LogP contribution in [-0.4, -0.2) is 28.4 Å². The number of aliphatic hydroxyl groups is 1. The molecule has 0 fully saturated rings. The van der Waals surface area contributed by atoms with E-state index in [1.807, 2.05) is 0 Å². The molecule has 0 amide bonds. The first-order chi connectivity index (χ1) is 9.13. The first-order valence-electron chi connectivity index (χ1n) is 6.14. The molecule has 0 saturated carbocycles. The zero-order valence-corrected chi connectivity index (χ0v) is 10.6. The first kappa shape index (κ1) is 13.3. The first-order valence-corrected chi connectivity index (χ1v) is 6.14. The van der Waals surface area contributed by atoms with Gasteiger partial charge in [-0.05, 0) is 19.1 Å².